The molecular formula is C19H15F5N4O5S2. The molecule has 1 atom stereocenters. The second-order valence-electron chi connectivity index (χ2n) is 7.31. The van der Waals surface area contributed by atoms with E-state index in [0.29, 0.717) is 4.90 Å². The van der Waals surface area contributed by atoms with Crippen LogP contribution in [-0.4, -0.2) is 61.5 Å². The Bertz CT molecular complexity index is 1260. The van der Waals surface area contributed by atoms with E-state index in [2.05, 4.69) is 15.0 Å². The molecule has 2 heterocycles. The number of thiazole rings is 1. The summed E-state index contributed by atoms with van der Waals surface area (Å²) >= 11 is 0.812. The van der Waals surface area contributed by atoms with Gasteiger partial charge >= 0.3 is 6.36 Å². The molecule has 2 aromatic rings. The Balaban J connectivity index is 1.59. The molecule has 16 heteroatoms. The Hall–Kier alpha value is -3.32. The summed E-state index contributed by atoms with van der Waals surface area (Å²) in [5, 5.41) is 12.3. The van der Waals surface area contributed by atoms with E-state index in [1.165, 1.54) is 5.38 Å². The van der Waals surface area contributed by atoms with Crippen molar-refractivity contribution in [2.45, 2.75) is 35.4 Å². The highest BCUT2D eigenvalue weighted by atomic mass is 32.2. The molecule has 1 fully saturated rings. The van der Waals surface area contributed by atoms with Crippen LogP contribution in [-0.2, 0) is 20.4 Å². The number of halogens is 5. The summed E-state index contributed by atoms with van der Waals surface area (Å²) in [7, 11) is -4.03. The van der Waals surface area contributed by atoms with Gasteiger partial charge in [0.15, 0.2) is 9.84 Å². The third-order valence-electron chi connectivity index (χ3n) is 4.65. The number of alkyl halides is 5. The van der Waals surface area contributed by atoms with Crippen molar-refractivity contribution in [1.82, 2.24) is 15.2 Å². The lowest BCUT2D eigenvalue weighted by molar-refractivity contribution is -0.274. The highest BCUT2D eigenvalue weighted by molar-refractivity contribution is 7.90. The van der Waals surface area contributed by atoms with Gasteiger partial charge in [-0.1, -0.05) is 0 Å². The first-order valence-electron chi connectivity index (χ1n) is 9.57. The van der Waals surface area contributed by atoms with E-state index in [4.69, 9.17) is 5.26 Å². The number of amides is 2. The molecule has 188 valence electrons. The predicted octanol–water partition coefficient (Wildman–Crippen LogP) is 2.51. The molecule has 1 aliphatic heterocycles. The second kappa shape index (κ2) is 9.74. The molecule has 1 saturated heterocycles. The molecule has 1 aliphatic rings. The number of likely N-dealkylation sites (tertiary alicyclic amines) is 1. The summed E-state index contributed by atoms with van der Waals surface area (Å²) < 4.78 is 92.3. The van der Waals surface area contributed by atoms with Crippen molar-refractivity contribution in [2.75, 3.05) is 13.1 Å². The Morgan fingerprint density at radius 2 is 1.94 bits per heavy atom. The lowest BCUT2D eigenvalue weighted by atomic mass is 10.2. The van der Waals surface area contributed by atoms with Crippen LogP contribution in [0.5, 0.6) is 5.75 Å². The molecule has 0 bridgehead atoms. The monoisotopic (exact) mass is 538 g/mol. The first-order chi connectivity index (χ1) is 16.2. The van der Waals surface area contributed by atoms with Crippen molar-refractivity contribution in [1.29, 1.82) is 5.26 Å². The highest BCUT2D eigenvalue weighted by Crippen LogP contribution is 2.31. The normalized spacial score (nSPS) is 17.6. The van der Waals surface area contributed by atoms with E-state index in [1.54, 1.807) is 6.07 Å². The van der Waals surface area contributed by atoms with E-state index in [9.17, 15) is 40.0 Å². The van der Waals surface area contributed by atoms with E-state index >= 15 is 0 Å². The second-order valence-corrected chi connectivity index (χ2v) is 10.2. The van der Waals surface area contributed by atoms with Crippen molar-refractivity contribution >= 4 is 33.0 Å². The van der Waals surface area contributed by atoms with E-state index in [1.807, 2.05) is 0 Å². The summed E-state index contributed by atoms with van der Waals surface area (Å²) in [6, 6.07) is 3.83. The maximum Gasteiger partial charge on any atom is 0.573 e. The fourth-order valence-electron chi connectivity index (χ4n) is 3.12. The van der Waals surface area contributed by atoms with Gasteiger partial charge in [-0.3, -0.25) is 9.59 Å². The fourth-order valence-corrected chi connectivity index (χ4v) is 5.52. The molecule has 0 spiro atoms. The molecule has 0 saturated carbocycles. The number of nitrogens with one attached hydrogen (secondary N) is 1. The summed E-state index contributed by atoms with van der Waals surface area (Å²) in [6.45, 7) is -1.62. The summed E-state index contributed by atoms with van der Waals surface area (Å²) in [5.41, 5.74) is -0.231. The lowest BCUT2D eigenvalue weighted by Gasteiger charge is -2.19. The van der Waals surface area contributed by atoms with Gasteiger partial charge in [0.25, 0.3) is 11.8 Å². The molecule has 1 aromatic carbocycles. The van der Waals surface area contributed by atoms with Crippen LogP contribution >= 0.6 is 11.3 Å². The molecule has 1 N–H and O–H groups in total. The van der Waals surface area contributed by atoms with Gasteiger partial charge in [0, 0.05) is 11.8 Å². The molecule has 35 heavy (non-hydrogen) atoms. The fraction of sp³-hybridized carbons (Fsp3) is 0.368. The van der Waals surface area contributed by atoms with Crippen LogP contribution in [0.2, 0.25) is 0 Å². The van der Waals surface area contributed by atoms with Crippen LogP contribution in [0.15, 0.2) is 34.5 Å². The van der Waals surface area contributed by atoms with Crippen LogP contribution in [0.3, 0.4) is 0 Å². The minimum absolute atomic E-state index is 0.0131. The Morgan fingerprint density at radius 1 is 1.29 bits per heavy atom. The molecule has 0 radical (unpaired) electrons. The van der Waals surface area contributed by atoms with Crippen molar-refractivity contribution in [2.24, 2.45) is 0 Å². The number of hydrogen-bond donors (Lipinski definition) is 1. The quantitative estimate of drug-likeness (QED) is 0.537. The van der Waals surface area contributed by atoms with Gasteiger partial charge in [-0.05, 0) is 24.3 Å². The van der Waals surface area contributed by atoms with Gasteiger partial charge in [0.1, 0.15) is 28.2 Å². The number of nitriles is 1. The number of benzene rings is 1. The zero-order valence-corrected chi connectivity index (χ0v) is 19.0. The minimum Gasteiger partial charge on any atom is -0.406 e. The average Bonchev–Trinajstić information content (AvgIpc) is 3.34. The van der Waals surface area contributed by atoms with E-state index in [-0.39, 0.29) is 15.6 Å². The molecule has 2 amide bonds. The summed E-state index contributed by atoms with van der Waals surface area (Å²) in [5.74, 6) is -6.22. The molecule has 0 unspecified atom stereocenters. The van der Waals surface area contributed by atoms with Crippen molar-refractivity contribution in [3.05, 3.63) is 40.3 Å². The smallest absolute Gasteiger partial charge is 0.406 e. The molecule has 3 rings (SSSR count). The largest absolute Gasteiger partial charge is 0.573 e. The van der Waals surface area contributed by atoms with Crippen LogP contribution < -0.4 is 10.1 Å². The number of nitrogens with zero attached hydrogens (tertiary/aromatic N) is 3. The first kappa shape index (κ1) is 26.3. The number of ether oxygens (including phenoxy) is 1. The van der Waals surface area contributed by atoms with Gasteiger partial charge in [0.05, 0.1) is 24.1 Å². The number of sulfone groups is 1. The Labute approximate surface area is 199 Å². The van der Waals surface area contributed by atoms with Crippen molar-refractivity contribution < 1.29 is 44.7 Å². The topological polar surface area (TPSA) is 129 Å². The Morgan fingerprint density at radius 3 is 2.54 bits per heavy atom. The van der Waals surface area contributed by atoms with Crippen molar-refractivity contribution in [3.63, 3.8) is 0 Å². The molecule has 1 aromatic heterocycles. The SMILES string of the molecule is N#C[C@@H]1CC(F)(F)CN1C(=O)CNC(=O)c1csc(CS(=O)(=O)c2ccc(OC(F)(F)F)cc2)n1. The van der Waals surface area contributed by atoms with E-state index in [0.717, 1.165) is 35.6 Å². The standard InChI is InChI=1S/C19H15F5N4O5S2/c20-18(21)5-11(6-25)28(10-18)16(29)7-26-17(30)14-8-34-15(27-14)9-35(31,32)13-3-1-12(2-4-13)33-19(22,23)24/h1-4,8,11H,5,7,9-10H2,(H,26,30)/t11-/m0/s1. The molecule has 0 aliphatic carbocycles. The lowest BCUT2D eigenvalue weighted by Crippen LogP contribution is -2.43. The van der Waals surface area contributed by atoms with Crippen molar-refractivity contribution in [3.8, 4) is 11.8 Å². The zero-order chi connectivity index (χ0) is 26.0. The maximum absolute atomic E-state index is 13.5. The van der Waals surface area contributed by atoms with Gasteiger partial charge in [0.2, 0.25) is 5.91 Å². The molecule has 9 nitrogen and oxygen atoms in total. The predicted molar refractivity (Wildman–Crippen MR) is 109 cm³/mol. The van der Waals surface area contributed by atoms with Gasteiger partial charge in [-0.2, -0.15) is 5.26 Å². The third kappa shape index (κ3) is 6.85. The summed E-state index contributed by atoms with van der Waals surface area (Å²) in [6.07, 6.45) is -5.73. The third-order valence-corrected chi connectivity index (χ3v) is 7.33. The number of carbonyl (C=O) groups is 2. The zero-order valence-electron chi connectivity index (χ0n) is 17.4. The van der Waals surface area contributed by atoms with Crippen LogP contribution in [0, 0.1) is 11.3 Å². The molecular weight excluding hydrogens is 523 g/mol. The van der Waals surface area contributed by atoms with Gasteiger partial charge in [-0.25, -0.2) is 22.2 Å². The maximum atomic E-state index is 13.5. The highest BCUT2D eigenvalue weighted by Gasteiger charge is 2.47. The van der Waals surface area contributed by atoms with Gasteiger partial charge in [-0.15, -0.1) is 24.5 Å². The Kier molecular flexibility index (Phi) is 7.31. The summed E-state index contributed by atoms with van der Waals surface area (Å²) in [4.78, 5) is 28.6. The number of rotatable bonds is 7. The number of carbonyl (C=O) groups excluding carboxylic acids is 2. The first-order valence-corrected chi connectivity index (χ1v) is 12.1. The number of hydrogen-bond acceptors (Lipinski definition) is 8. The van der Waals surface area contributed by atoms with Crippen LogP contribution in [0.4, 0.5) is 22.0 Å². The van der Waals surface area contributed by atoms with E-state index < -0.39 is 71.0 Å². The van der Waals surface area contributed by atoms with Crippen LogP contribution in [0.25, 0.3) is 0 Å². The minimum atomic E-state index is -4.93. The van der Waals surface area contributed by atoms with Gasteiger partial charge < -0.3 is 15.0 Å². The average molecular weight is 538 g/mol. The number of aromatic nitrogens is 1. The van der Waals surface area contributed by atoms with Crippen LogP contribution in [0.1, 0.15) is 21.9 Å².